The minimum absolute atomic E-state index is 0.0547. The Morgan fingerprint density at radius 3 is 2.64 bits per heavy atom. The van der Waals surface area contributed by atoms with Gasteiger partial charge >= 0.3 is 5.97 Å². The Bertz CT molecular complexity index is 1450. The number of ether oxygens (including phenoxy) is 3. The minimum atomic E-state index is -0.805. The lowest BCUT2D eigenvalue weighted by molar-refractivity contribution is -0.129. The predicted octanol–water partition coefficient (Wildman–Crippen LogP) is 4.89. The number of thioether (sulfide) groups is 1. The van der Waals surface area contributed by atoms with Gasteiger partial charge < -0.3 is 19.5 Å². The van der Waals surface area contributed by atoms with Crippen LogP contribution in [0.2, 0.25) is 0 Å². The Hall–Kier alpha value is -4.38. The molecular formula is C28H24FN3O6S. The number of rotatable bonds is 7. The summed E-state index contributed by atoms with van der Waals surface area (Å²) in [5, 5.41) is 2.17. The van der Waals surface area contributed by atoms with Crippen LogP contribution in [0.1, 0.15) is 29.3 Å². The summed E-state index contributed by atoms with van der Waals surface area (Å²) in [6, 6.07) is 17.6. The Labute approximate surface area is 228 Å². The summed E-state index contributed by atoms with van der Waals surface area (Å²) in [5.41, 5.74) is 1.63. The number of fused-ring (bicyclic) bond motifs is 1. The van der Waals surface area contributed by atoms with Crippen molar-refractivity contribution < 1.29 is 33.0 Å². The molecule has 0 spiro atoms. The molecule has 39 heavy (non-hydrogen) atoms. The fraction of sp³-hybridized carbons (Fsp3) is 0.214. The number of nitrogens with one attached hydrogen (secondary N) is 1. The van der Waals surface area contributed by atoms with Gasteiger partial charge in [0, 0.05) is 12.1 Å². The molecule has 0 bridgehead atoms. The highest BCUT2D eigenvalue weighted by Gasteiger charge is 2.36. The number of carbonyl (C=O) groups excluding carboxylic acids is 3. The van der Waals surface area contributed by atoms with Gasteiger partial charge in [-0.05, 0) is 61.0 Å². The molecule has 11 heteroatoms. The number of esters is 1. The summed E-state index contributed by atoms with van der Waals surface area (Å²) in [7, 11) is 0. The number of amidine groups is 1. The Morgan fingerprint density at radius 1 is 1.10 bits per heavy atom. The monoisotopic (exact) mass is 549 g/mol. The van der Waals surface area contributed by atoms with Gasteiger partial charge in [0.05, 0.1) is 18.7 Å². The van der Waals surface area contributed by atoms with Gasteiger partial charge in [0.25, 0.3) is 0 Å². The number of carbonyl (C=O) groups is 3. The molecule has 1 unspecified atom stereocenters. The Morgan fingerprint density at radius 2 is 1.87 bits per heavy atom. The quantitative estimate of drug-likeness (QED) is 0.418. The zero-order valence-corrected chi connectivity index (χ0v) is 21.7. The van der Waals surface area contributed by atoms with Crippen molar-refractivity contribution in [3.05, 3.63) is 83.7 Å². The van der Waals surface area contributed by atoms with Crippen LogP contribution in [0.15, 0.2) is 71.7 Å². The topological polar surface area (TPSA) is 107 Å². The van der Waals surface area contributed by atoms with Gasteiger partial charge in [-0.25, -0.2) is 14.2 Å². The molecule has 2 heterocycles. The summed E-state index contributed by atoms with van der Waals surface area (Å²) in [6.45, 7) is 2.25. The average Bonchev–Trinajstić information content (AvgIpc) is 3.40. The van der Waals surface area contributed by atoms with Gasteiger partial charge in [0.1, 0.15) is 16.8 Å². The van der Waals surface area contributed by atoms with E-state index in [0.717, 1.165) is 17.3 Å². The van der Waals surface area contributed by atoms with Crippen LogP contribution in [-0.2, 0) is 20.9 Å². The number of aliphatic imine (C=N–C) groups is 1. The number of amides is 2. The van der Waals surface area contributed by atoms with Crippen molar-refractivity contribution in [2.24, 2.45) is 4.99 Å². The largest absolute Gasteiger partial charge is 0.462 e. The van der Waals surface area contributed by atoms with E-state index < -0.39 is 22.9 Å². The predicted molar refractivity (Wildman–Crippen MR) is 144 cm³/mol. The summed E-state index contributed by atoms with van der Waals surface area (Å²) < 4.78 is 30.2. The van der Waals surface area contributed by atoms with Crippen molar-refractivity contribution in [2.45, 2.75) is 25.1 Å². The molecule has 0 aliphatic carbocycles. The SMILES string of the molecule is CCOC(=O)c1ccc(NC(=O)C2CC(=O)N(Cc3ccc4c(c3)OCO4)C(=Nc3ccccc3F)S2)cc1. The molecule has 3 aromatic rings. The molecule has 2 aliphatic rings. The second kappa shape index (κ2) is 11.6. The molecule has 0 radical (unpaired) electrons. The minimum Gasteiger partial charge on any atom is -0.462 e. The third-order valence-corrected chi connectivity index (χ3v) is 7.13. The van der Waals surface area contributed by atoms with E-state index in [0.29, 0.717) is 22.7 Å². The third kappa shape index (κ3) is 6.04. The molecule has 200 valence electrons. The first kappa shape index (κ1) is 26.2. The molecule has 5 rings (SSSR count). The van der Waals surface area contributed by atoms with Crippen LogP contribution in [0.4, 0.5) is 15.8 Å². The zero-order valence-electron chi connectivity index (χ0n) is 20.9. The molecule has 1 fully saturated rings. The summed E-state index contributed by atoms with van der Waals surface area (Å²) >= 11 is 1.08. The standard InChI is InChI=1S/C28H24FN3O6S/c1-2-36-27(35)18-8-10-19(11-9-18)30-26(34)24-14-25(33)32(15-17-7-12-22-23(13-17)38-16-37-22)28(39-24)31-21-6-4-3-5-20(21)29/h3-13,24H,2,14-16H2,1H3,(H,30,34). The van der Waals surface area contributed by atoms with Crippen molar-refractivity contribution in [3.63, 3.8) is 0 Å². The fourth-order valence-corrected chi connectivity index (χ4v) is 5.08. The first-order valence-electron chi connectivity index (χ1n) is 12.2. The van der Waals surface area contributed by atoms with Crippen LogP contribution in [0.3, 0.4) is 0 Å². The van der Waals surface area contributed by atoms with Gasteiger partial charge in [-0.1, -0.05) is 30.0 Å². The Balaban J connectivity index is 1.36. The van der Waals surface area contributed by atoms with Crippen LogP contribution < -0.4 is 14.8 Å². The molecule has 0 aromatic heterocycles. The number of halogens is 1. The Kier molecular flexibility index (Phi) is 7.78. The van der Waals surface area contributed by atoms with Crippen molar-refractivity contribution in [2.75, 3.05) is 18.7 Å². The summed E-state index contributed by atoms with van der Waals surface area (Å²) in [6.07, 6.45) is -0.0851. The van der Waals surface area contributed by atoms with Crippen LogP contribution in [-0.4, -0.2) is 46.5 Å². The van der Waals surface area contributed by atoms with Crippen molar-refractivity contribution in [1.29, 1.82) is 0 Å². The highest BCUT2D eigenvalue weighted by molar-refractivity contribution is 8.15. The average molecular weight is 550 g/mol. The first-order valence-corrected chi connectivity index (χ1v) is 13.1. The van der Waals surface area contributed by atoms with E-state index in [4.69, 9.17) is 14.2 Å². The number of nitrogens with zero attached hydrogens (tertiary/aromatic N) is 2. The highest BCUT2D eigenvalue weighted by Crippen LogP contribution is 2.35. The van der Waals surface area contributed by atoms with E-state index in [1.165, 1.54) is 17.0 Å². The lowest BCUT2D eigenvalue weighted by atomic mass is 10.1. The van der Waals surface area contributed by atoms with Crippen molar-refractivity contribution in [3.8, 4) is 11.5 Å². The third-order valence-electron chi connectivity index (χ3n) is 5.94. The maximum atomic E-state index is 14.5. The number of para-hydroxylation sites is 1. The van der Waals surface area contributed by atoms with Gasteiger partial charge in [0.2, 0.25) is 18.6 Å². The molecule has 3 aromatic carbocycles. The normalized spacial score (nSPS) is 17.3. The maximum Gasteiger partial charge on any atom is 0.338 e. The first-order chi connectivity index (χ1) is 18.9. The second-order valence-electron chi connectivity index (χ2n) is 8.61. The van der Waals surface area contributed by atoms with Crippen LogP contribution in [0.5, 0.6) is 11.5 Å². The molecule has 1 atom stereocenters. The van der Waals surface area contributed by atoms with Gasteiger partial charge in [-0.3, -0.25) is 14.5 Å². The molecule has 2 aliphatic heterocycles. The maximum absolute atomic E-state index is 14.5. The van der Waals surface area contributed by atoms with E-state index in [-0.39, 0.29) is 43.1 Å². The number of anilines is 1. The van der Waals surface area contributed by atoms with E-state index in [2.05, 4.69) is 10.3 Å². The number of benzene rings is 3. The molecule has 9 nitrogen and oxygen atoms in total. The van der Waals surface area contributed by atoms with Crippen molar-refractivity contribution in [1.82, 2.24) is 4.90 Å². The van der Waals surface area contributed by atoms with Crippen LogP contribution in [0.25, 0.3) is 0 Å². The lowest BCUT2D eigenvalue weighted by Gasteiger charge is -2.32. The number of hydrogen-bond donors (Lipinski definition) is 1. The molecule has 0 saturated carbocycles. The van der Waals surface area contributed by atoms with Crippen LogP contribution in [0, 0.1) is 5.82 Å². The summed E-state index contributed by atoms with van der Waals surface area (Å²) in [5.74, 6) is -0.566. The molecular weight excluding hydrogens is 525 g/mol. The zero-order chi connectivity index (χ0) is 27.4. The van der Waals surface area contributed by atoms with Gasteiger partial charge in [0.15, 0.2) is 16.7 Å². The molecule has 1 saturated heterocycles. The summed E-state index contributed by atoms with van der Waals surface area (Å²) in [4.78, 5) is 44.2. The van der Waals surface area contributed by atoms with E-state index in [1.807, 2.05) is 6.07 Å². The molecule has 2 amide bonds. The smallest absolute Gasteiger partial charge is 0.338 e. The highest BCUT2D eigenvalue weighted by atomic mass is 32.2. The lowest BCUT2D eigenvalue weighted by Crippen LogP contribution is -2.44. The van der Waals surface area contributed by atoms with Crippen LogP contribution >= 0.6 is 11.8 Å². The van der Waals surface area contributed by atoms with Crippen molar-refractivity contribution >= 4 is 46.1 Å². The van der Waals surface area contributed by atoms with E-state index in [9.17, 15) is 18.8 Å². The van der Waals surface area contributed by atoms with E-state index in [1.54, 1.807) is 55.5 Å². The fourth-order valence-electron chi connectivity index (χ4n) is 3.99. The van der Waals surface area contributed by atoms with E-state index >= 15 is 0 Å². The number of hydrogen-bond acceptors (Lipinski definition) is 8. The van der Waals surface area contributed by atoms with Gasteiger partial charge in [-0.2, -0.15) is 0 Å². The second-order valence-corrected chi connectivity index (χ2v) is 9.78. The van der Waals surface area contributed by atoms with Gasteiger partial charge in [-0.15, -0.1) is 0 Å². The molecule has 1 N–H and O–H groups in total.